The van der Waals surface area contributed by atoms with Crippen molar-refractivity contribution in [1.29, 1.82) is 0 Å². The molecule has 0 radical (unpaired) electrons. The Bertz CT molecular complexity index is 196. The molecule has 0 aliphatic heterocycles. The number of hydrogen-bond donors (Lipinski definition) is 1. The molecule has 0 aliphatic carbocycles. The van der Waals surface area contributed by atoms with Crippen molar-refractivity contribution in [2.45, 2.75) is 38.6 Å². The topological polar surface area (TPSA) is 49.8 Å². The van der Waals surface area contributed by atoms with E-state index in [4.69, 9.17) is 4.74 Å². The maximum atomic E-state index is 11.2. The van der Waals surface area contributed by atoms with E-state index in [9.17, 15) is 9.90 Å². The van der Waals surface area contributed by atoms with Gasteiger partial charge in [0.1, 0.15) is 5.54 Å². The molecule has 0 aliphatic rings. The summed E-state index contributed by atoms with van der Waals surface area (Å²) in [6, 6.07) is 0. The van der Waals surface area contributed by atoms with Gasteiger partial charge in [0.25, 0.3) is 0 Å². The summed E-state index contributed by atoms with van der Waals surface area (Å²) in [5.41, 5.74) is -0.814. The van der Waals surface area contributed by atoms with Crippen LogP contribution in [0.2, 0.25) is 0 Å². The molecular weight excluding hydrogens is 194 g/mol. The van der Waals surface area contributed by atoms with Crippen LogP contribution < -0.4 is 0 Å². The van der Waals surface area contributed by atoms with E-state index in [0.717, 1.165) is 19.4 Å². The van der Waals surface area contributed by atoms with Crippen LogP contribution in [0.4, 0.5) is 0 Å². The quantitative estimate of drug-likeness (QED) is 0.671. The summed E-state index contributed by atoms with van der Waals surface area (Å²) in [7, 11) is 3.45. The van der Waals surface area contributed by atoms with Crippen molar-refractivity contribution in [3.05, 3.63) is 0 Å². The largest absolute Gasteiger partial charge is 0.480 e. The van der Waals surface area contributed by atoms with Crippen LogP contribution >= 0.6 is 0 Å². The fraction of sp³-hybridized carbons (Fsp3) is 0.909. The number of nitrogens with zero attached hydrogens (tertiary/aromatic N) is 1. The minimum atomic E-state index is -0.814. The molecule has 15 heavy (non-hydrogen) atoms. The smallest absolute Gasteiger partial charge is 0.323 e. The second kappa shape index (κ2) is 6.80. The van der Waals surface area contributed by atoms with E-state index >= 15 is 0 Å². The molecule has 0 rings (SSSR count). The van der Waals surface area contributed by atoms with Gasteiger partial charge in [-0.2, -0.15) is 0 Å². The van der Waals surface area contributed by atoms with E-state index in [1.54, 1.807) is 14.0 Å². The summed E-state index contributed by atoms with van der Waals surface area (Å²) in [5.74, 6) is -0.779. The Morgan fingerprint density at radius 3 is 2.53 bits per heavy atom. The van der Waals surface area contributed by atoms with Crippen LogP contribution in [-0.4, -0.2) is 48.8 Å². The molecule has 0 saturated carbocycles. The van der Waals surface area contributed by atoms with Crippen molar-refractivity contribution in [3.63, 3.8) is 0 Å². The lowest BCUT2D eigenvalue weighted by Crippen LogP contribution is -2.51. The van der Waals surface area contributed by atoms with Crippen LogP contribution in [0.25, 0.3) is 0 Å². The summed E-state index contributed by atoms with van der Waals surface area (Å²) in [4.78, 5) is 13.1. The molecule has 4 heteroatoms. The Hall–Kier alpha value is -0.610. The van der Waals surface area contributed by atoms with Gasteiger partial charge < -0.3 is 9.84 Å². The monoisotopic (exact) mass is 217 g/mol. The third kappa shape index (κ3) is 4.18. The van der Waals surface area contributed by atoms with Gasteiger partial charge in [-0.05, 0) is 33.4 Å². The molecule has 1 unspecified atom stereocenters. The summed E-state index contributed by atoms with van der Waals surface area (Å²) >= 11 is 0. The van der Waals surface area contributed by atoms with Crippen molar-refractivity contribution in [1.82, 2.24) is 4.90 Å². The lowest BCUT2D eigenvalue weighted by molar-refractivity contribution is -0.150. The molecule has 0 bridgehead atoms. The van der Waals surface area contributed by atoms with Crippen LogP contribution in [-0.2, 0) is 9.53 Å². The molecule has 0 amide bonds. The fourth-order valence-corrected chi connectivity index (χ4v) is 1.40. The van der Waals surface area contributed by atoms with Crippen LogP contribution in [0.15, 0.2) is 0 Å². The third-order valence-electron chi connectivity index (χ3n) is 2.94. The summed E-state index contributed by atoms with van der Waals surface area (Å²) in [6.45, 7) is 5.13. The van der Waals surface area contributed by atoms with Crippen LogP contribution in [0, 0.1) is 0 Å². The van der Waals surface area contributed by atoms with Gasteiger partial charge in [-0.25, -0.2) is 0 Å². The Morgan fingerprint density at radius 1 is 1.53 bits per heavy atom. The molecule has 0 saturated heterocycles. The predicted octanol–water partition coefficient (Wildman–Crippen LogP) is 1.60. The highest BCUT2D eigenvalue weighted by Crippen LogP contribution is 2.19. The second-order valence-electron chi connectivity index (χ2n) is 4.10. The van der Waals surface area contributed by atoms with Gasteiger partial charge in [0.15, 0.2) is 0 Å². The van der Waals surface area contributed by atoms with Crippen molar-refractivity contribution in [2.24, 2.45) is 0 Å². The summed E-state index contributed by atoms with van der Waals surface area (Å²) < 4.78 is 4.95. The van der Waals surface area contributed by atoms with Gasteiger partial charge >= 0.3 is 5.97 Å². The first kappa shape index (κ1) is 14.4. The highest BCUT2D eigenvalue weighted by atomic mass is 16.5. The Kier molecular flexibility index (Phi) is 6.52. The summed E-state index contributed by atoms with van der Waals surface area (Å²) in [6.07, 6.45) is 2.61. The number of carboxylic acid groups (broad SMARTS) is 1. The molecule has 90 valence electrons. The molecule has 0 spiro atoms. The van der Waals surface area contributed by atoms with Gasteiger partial charge in [-0.1, -0.05) is 13.3 Å². The highest BCUT2D eigenvalue weighted by Gasteiger charge is 2.36. The van der Waals surface area contributed by atoms with Gasteiger partial charge in [0.05, 0.1) is 0 Å². The lowest BCUT2D eigenvalue weighted by Gasteiger charge is -2.34. The molecular formula is C11H23NO3. The average molecular weight is 217 g/mol. The standard InChI is InChI=1S/C11H23NO3/c1-5-6-8-12(3)11(2,10(13)14)7-9-15-4/h5-9H2,1-4H3,(H,13,14). The SMILES string of the molecule is CCCCN(C)C(C)(CCOC)C(=O)O. The molecule has 0 aromatic rings. The lowest BCUT2D eigenvalue weighted by atomic mass is 9.96. The zero-order valence-electron chi connectivity index (χ0n) is 10.2. The van der Waals surface area contributed by atoms with E-state index < -0.39 is 11.5 Å². The normalized spacial score (nSPS) is 15.3. The van der Waals surface area contributed by atoms with Gasteiger partial charge in [0.2, 0.25) is 0 Å². The number of likely N-dealkylation sites (N-methyl/N-ethyl adjacent to an activating group) is 1. The molecule has 0 fully saturated rings. The maximum Gasteiger partial charge on any atom is 0.323 e. The zero-order chi connectivity index (χ0) is 11.9. The third-order valence-corrected chi connectivity index (χ3v) is 2.94. The molecule has 4 nitrogen and oxygen atoms in total. The number of methoxy groups -OCH3 is 1. The molecule has 1 atom stereocenters. The number of hydrogen-bond acceptors (Lipinski definition) is 3. The van der Waals surface area contributed by atoms with Crippen molar-refractivity contribution in [3.8, 4) is 0 Å². The van der Waals surface area contributed by atoms with E-state index in [1.807, 2.05) is 11.9 Å². The Balaban J connectivity index is 4.40. The van der Waals surface area contributed by atoms with Gasteiger partial charge in [-0.3, -0.25) is 9.69 Å². The van der Waals surface area contributed by atoms with Crippen molar-refractivity contribution < 1.29 is 14.6 Å². The number of carboxylic acids is 1. The maximum absolute atomic E-state index is 11.2. The first-order chi connectivity index (χ1) is 6.99. The molecule has 0 aromatic heterocycles. The molecule has 1 N–H and O–H groups in total. The van der Waals surface area contributed by atoms with Crippen molar-refractivity contribution >= 4 is 5.97 Å². The van der Waals surface area contributed by atoms with Crippen LogP contribution in [0.5, 0.6) is 0 Å². The Labute approximate surface area is 92.2 Å². The number of carbonyl (C=O) groups is 1. The minimum absolute atomic E-state index is 0.471. The number of aliphatic carboxylic acids is 1. The summed E-state index contributed by atoms with van der Waals surface area (Å²) in [5, 5.41) is 9.23. The minimum Gasteiger partial charge on any atom is -0.480 e. The number of rotatable bonds is 8. The van der Waals surface area contributed by atoms with E-state index in [2.05, 4.69) is 6.92 Å². The Morgan fingerprint density at radius 2 is 2.13 bits per heavy atom. The molecule has 0 heterocycles. The van der Waals surface area contributed by atoms with E-state index in [-0.39, 0.29) is 0 Å². The first-order valence-corrected chi connectivity index (χ1v) is 5.42. The average Bonchev–Trinajstić information content (AvgIpc) is 2.21. The van der Waals surface area contributed by atoms with Crippen LogP contribution in [0.3, 0.4) is 0 Å². The number of unbranched alkanes of at least 4 members (excludes halogenated alkanes) is 1. The van der Waals surface area contributed by atoms with Gasteiger partial charge in [0, 0.05) is 13.7 Å². The number of ether oxygens (including phenoxy) is 1. The highest BCUT2D eigenvalue weighted by molar-refractivity contribution is 5.78. The predicted molar refractivity (Wildman–Crippen MR) is 60.1 cm³/mol. The van der Waals surface area contributed by atoms with Crippen LogP contribution in [0.1, 0.15) is 33.1 Å². The fourth-order valence-electron chi connectivity index (χ4n) is 1.40. The zero-order valence-corrected chi connectivity index (χ0v) is 10.2. The van der Waals surface area contributed by atoms with E-state index in [1.165, 1.54) is 0 Å². The van der Waals surface area contributed by atoms with Gasteiger partial charge in [-0.15, -0.1) is 0 Å². The second-order valence-corrected chi connectivity index (χ2v) is 4.10. The van der Waals surface area contributed by atoms with Crippen molar-refractivity contribution in [2.75, 3.05) is 27.3 Å². The van der Waals surface area contributed by atoms with E-state index in [0.29, 0.717) is 13.0 Å². The first-order valence-electron chi connectivity index (χ1n) is 5.42. The molecule has 0 aromatic carbocycles.